The lowest BCUT2D eigenvalue weighted by atomic mass is 9.91. The van der Waals surface area contributed by atoms with Crippen molar-refractivity contribution in [1.82, 2.24) is 4.90 Å². The minimum Gasteiger partial charge on any atom is -0.481 e. The number of aliphatic carboxylic acids is 1. The fraction of sp³-hybridized carbons (Fsp3) is 0.316. The van der Waals surface area contributed by atoms with Crippen LogP contribution in [0.3, 0.4) is 0 Å². The molecule has 0 aromatic heterocycles. The molecule has 0 spiro atoms. The van der Waals surface area contributed by atoms with Crippen molar-refractivity contribution in [3.8, 4) is 0 Å². The molecule has 1 aliphatic rings. The van der Waals surface area contributed by atoms with Gasteiger partial charge in [-0.15, -0.1) is 0 Å². The van der Waals surface area contributed by atoms with Crippen molar-refractivity contribution in [2.45, 2.75) is 18.9 Å². The smallest absolute Gasteiger partial charge is 0.306 e. The van der Waals surface area contributed by atoms with E-state index in [1.54, 1.807) is 0 Å². The molecule has 2 aromatic carbocycles. The maximum absolute atomic E-state index is 14.5. The molecule has 1 saturated heterocycles. The second-order valence-electron chi connectivity index (χ2n) is 6.27. The molecule has 0 bridgehead atoms. The Balaban J connectivity index is 1.95. The van der Waals surface area contributed by atoms with Crippen molar-refractivity contribution >= 4 is 21.9 Å². The first-order valence-electron chi connectivity index (χ1n) is 8.13. The molecule has 1 N–H and O–H groups in total. The van der Waals surface area contributed by atoms with E-state index in [1.165, 1.54) is 12.1 Å². The molecule has 1 aliphatic heterocycles. The molecule has 1 atom stereocenters. The summed E-state index contributed by atoms with van der Waals surface area (Å²) in [6.07, 6.45) is 1.04. The Morgan fingerprint density at radius 3 is 2.32 bits per heavy atom. The molecule has 1 unspecified atom stereocenters. The van der Waals surface area contributed by atoms with Crippen LogP contribution in [0.15, 0.2) is 46.9 Å². The highest BCUT2D eigenvalue weighted by atomic mass is 79.9. The number of carboxylic acids is 1. The Kier molecular flexibility index (Phi) is 5.49. The maximum Gasteiger partial charge on any atom is 0.306 e. The van der Waals surface area contributed by atoms with E-state index in [2.05, 4.69) is 20.8 Å². The molecule has 0 amide bonds. The lowest BCUT2D eigenvalue weighted by Gasteiger charge is -2.37. The lowest BCUT2D eigenvalue weighted by Crippen LogP contribution is -2.39. The first kappa shape index (κ1) is 18.0. The zero-order chi connectivity index (χ0) is 18.0. The molecular formula is C19H18BrF2NO2. The van der Waals surface area contributed by atoms with Crippen LogP contribution in [0.2, 0.25) is 0 Å². The van der Waals surface area contributed by atoms with Crippen molar-refractivity contribution in [3.63, 3.8) is 0 Å². The fourth-order valence-electron chi connectivity index (χ4n) is 3.36. The molecule has 6 heteroatoms. The highest BCUT2D eigenvalue weighted by molar-refractivity contribution is 9.10. The molecule has 132 valence electrons. The van der Waals surface area contributed by atoms with Crippen LogP contribution in [-0.4, -0.2) is 29.1 Å². The number of hydrogen-bond acceptors (Lipinski definition) is 2. The van der Waals surface area contributed by atoms with E-state index in [0.29, 0.717) is 31.5 Å². The van der Waals surface area contributed by atoms with E-state index in [0.717, 1.165) is 16.1 Å². The highest BCUT2D eigenvalue weighted by Crippen LogP contribution is 2.34. The van der Waals surface area contributed by atoms with E-state index < -0.39 is 17.6 Å². The topological polar surface area (TPSA) is 40.5 Å². The minimum absolute atomic E-state index is 0.361. The number of halogens is 3. The van der Waals surface area contributed by atoms with Crippen LogP contribution in [0.1, 0.15) is 30.0 Å². The summed E-state index contributed by atoms with van der Waals surface area (Å²) in [5, 5.41) is 9.18. The third-order valence-corrected chi connectivity index (χ3v) is 5.22. The Morgan fingerprint density at radius 1 is 1.12 bits per heavy atom. The van der Waals surface area contributed by atoms with Crippen LogP contribution in [0, 0.1) is 17.6 Å². The number of carboxylic acid groups (broad SMARTS) is 1. The molecular weight excluding hydrogens is 392 g/mol. The summed E-state index contributed by atoms with van der Waals surface area (Å²) < 4.78 is 28.7. The van der Waals surface area contributed by atoms with E-state index in [-0.39, 0.29) is 12.0 Å². The van der Waals surface area contributed by atoms with Gasteiger partial charge in [-0.3, -0.25) is 9.69 Å². The van der Waals surface area contributed by atoms with Gasteiger partial charge < -0.3 is 5.11 Å². The van der Waals surface area contributed by atoms with Crippen LogP contribution in [0.5, 0.6) is 0 Å². The van der Waals surface area contributed by atoms with Crippen molar-refractivity contribution < 1.29 is 18.7 Å². The Morgan fingerprint density at radius 2 is 1.76 bits per heavy atom. The van der Waals surface area contributed by atoms with Crippen molar-refractivity contribution in [2.24, 2.45) is 5.92 Å². The molecule has 25 heavy (non-hydrogen) atoms. The predicted molar refractivity (Wildman–Crippen MR) is 94.3 cm³/mol. The molecule has 0 saturated carbocycles. The van der Waals surface area contributed by atoms with Gasteiger partial charge in [0.2, 0.25) is 0 Å². The first-order chi connectivity index (χ1) is 12.0. The quantitative estimate of drug-likeness (QED) is 0.800. The maximum atomic E-state index is 14.5. The Labute approximate surface area is 153 Å². The summed E-state index contributed by atoms with van der Waals surface area (Å²) in [6.45, 7) is 1.10. The van der Waals surface area contributed by atoms with Gasteiger partial charge in [0, 0.05) is 16.1 Å². The monoisotopic (exact) mass is 409 g/mol. The van der Waals surface area contributed by atoms with Gasteiger partial charge in [0.05, 0.1) is 12.0 Å². The largest absolute Gasteiger partial charge is 0.481 e. The van der Waals surface area contributed by atoms with Crippen LogP contribution in [0.25, 0.3) is 0 Å². The summed E-state index contributed by atoms with van der Waals surface area (Å²) in [5.74, 6) is -2.35. The average Bonchev–Trinajstić information content (AvgIpc) is 2.59. The van der Waals surface area contributed by atoms with Crippen LogP contribution in [-0.2, 0) is 4.79 Å². The summed E-state index contributed by atoms with van der Waals surface area (Å²) in [4.78, 5) is 13.2. The highest BCUT2D eigenvalue weighted by Gasteiger charge is 2.31. The van der Waals surface area contributed by atoms with Gasteiger partial charge in [-0.2, -0.15) is 0 Å². The lowest BCUT2D eigenvalue weighted by molar-refractivity contribution is -0.143. The predicted octanol–water partition coefficient (Wildman–Crippen LogP) is 4.61. The molecule has 3 nitrogen and oxygen atoms in total. The van der Waals surface area contributed by atoms with Crippen LogP contribution >= 0.6 is 15.9 Å². The van der Waals surface area contributed by atoms with E-state index in [1.807, 2.05) is 24.3 Å². The summed E-state index contributed by atoms with van der Waals surface area (Å²) >= 11 is 3.39. The van der Waals surface area contributed by atoms with E-state index in [4.69, 9.17) is 0 Å². The number of nitrogens with zero attached hydrogens (tertiary/aromatic N) is 1. The van der Waals surface area contributed by atoms with E-state index >= 15 is 0 Å². The third kappa shape index (κ3) is 4.07. The number of hydrogen-bond donors (Lipinski definition) is 1. The Hall–Kier alpha value is -1.79. The van der Waals surface area contributed by atoms with Gasteiger partial charge in [-0.1, -0.05) is 34.1 Å². The molecule has 0 aliphatic carbocycles. The number of likely N-dealkylation sites (tertiary alicyclic amines) is 1. The average molecular weight is 410 g/mol. The zero-order valence-electron chi connectivity index (χ0n) is 13.5. The van der Waals surface area contributed by atoms with Crippen molar-refractivity contribution in [3.05, 3.63) is 69.7 Å². The Bertz CT molecular complexity index is 759. The minimum atomic E-state index is -0.784. The zero-order valence-corrected chi connectivity index (χ0v) is 15.0. The van der Waals surface area contributed by atoms with Gasteiger partial charge in [-0.25, -0.2) is 8.78 Å². The van der Waals surface area contributed by atoms with Crippen LogP contribution < -0.4 is 0 Å². The first-order valence-corrected chi connectivity index (χ1v) is 8.92. The molecule has 3 rings (SSSR count). The summed E-state index contributed by atoms with van der Waals surface area (Å²) in [5.41, 5.74) is 1.29. The van der Waals surface area contributed by atoms with Crippen LogP contribution in [0.4, 0.5) is 8.78 Å². The second-order valence-corrected chi connectivity index (χ2v) is 7.18. The summed E-state index contributed by atoms with van der Waals surface area (Å²) in [7, 11) is 0. The van der Waals surface area contributed by atoms with Crippen molar-refractivity contribution in [2.75, 3.05) is 13.1 Å². The molecule has 1 fully saturated rings. The van der Waals surface area contributed by atoms with Gasteiger partial charge in [-0.05, 0) is 49.7 Å². The number of piperidine rings is 1. The molecule has 0 radical (unpaired) electrons. The van der Waals surface area contributed by atoms with Gasteiger partial charge in [0.1, 0.15) is 11.6 Å². The van der Waals surface area contributed by atoms with Gasteiger partial charge in [0.25, 0.3) is 0 Å². The van der Waals surface area contributed by atoms with Gasteiger partial charge >= 0.3 is 5.97 Å². The van der Waals surface area contributed by atoms with Crippen molar-refractivity contribution in [1.29, 1.82) is 0 Å². The third-order valence-electron chi connectivity index (χ3n) is 4.69. The molecule has 2 aromatic rings. The normalized spacial score (nSPS) is 17.4. The number of carbonyl (C=O) groups is 1. The number of benzene rings is 2. The van der Waals surface area contributed by atoms with Gasteiger partial charge in [0.15, 0.2) is 0 Å². The standard InChI is InChI=1S/C19H18BrF2NO2/c20-14-3-1-12(2-4-14)18(16-6-5-15(21)11-17(16)22)23-9-7-13(8-10-23)19(24)25/h1-6,11,13,18H,7-10H2,(H,24,25). The summed E-state index contributed by atoms with van der Waals surface area (Å²) in [6, 6.07) is 10.8. The number of rotatable bonds is 4. The SMILES string of the molecule is O=C(O)C1CCN(C(c2ccc(Br)cc2)c2ccc(F)cc2F)CC1. The molecule has 1 heterocycles. The fourth-order valence-corrected chi connectivity index (χ4v) is 3.62. The van der Waals surface area contributed by atoms with E-state index in [9.17, 15) is 18.7 Å². The second kappa shape index (κ2) is 7.62.